The standard InChI is InChI=1S/C18H23NO5/c1-12(2)15(19-17(22)24-18(3,4)5)16(21)23-11-14(20)13-9-7-6-8-10-13/h6-10H,11H2,1-5H3,(H,19,22). The molecule has 0 aromatic heterocycles. The van der Waals surface area contributed by atoms with E-state index in [1.54, 1.807) is 65.0 Å². The van der Waals surface area contributed by atoms with Gasteiger partial charge in [0.05, 0.1) is 0 Å². The Balaban J connectivity index is 2.67. The van der Waals surface area contributed by atoms with Crippen molar-refractivity contribution in [1.82, 2.24) is 5.32 Å². The smallest absolute Gasteiger partial charge is 0.412 e. The molecule has 1 N–H and O–H groups in total. The number of ether oxygens (including phenoxy) is 2. The number of carbonyl (C=O) groups excluding carboxylic acids is 3. The molecule has 0 atom stereocenters. The number of ketones is 1. The molecule has 130 valence electrons. The molecule has 0 saturated heterocycles. The molecule has 1 aromatic carbocycles. The molecule has 0 bridgehead atoms. The summed E-state index contributed by atoms with van der Waals surface area (Å²) in [5.41, 5.74) is 0.261. The molecule has 0 saturated carbocycles. The second-order valence-electron chi connectivity index (χ2n) is 6.37. The van der Waals surface area contributed by atoms with Crippen molar-refractivity contribution in [1.29, 1.82) is 0 Å². The lowest BCUT2D eigenvalue weighted by atomic mass is 10.1. The van der Waals surface area contributed by atoms with Gasteiger partial charge < -0.3 is 9.47 Å². The molecular weight excluding hydrogens is 310 g/mol. The van der Waals surface area contributed by atoms with Gasteiger partial charge in [-0.05, 0) is 40.2 Å². The van der Waals surface area contributed by atoms with Crippen molar-refractivity contribution < 1.29 is 23.9 Å². The van der Waals surface area contributed by atoms with E-state index in [4.69, 9.17) is 9.47 Å². The average molecular weight is 333 g/mol. The fourth-order valence-corrected chi connectivity index (χ4v) is 1.70. The van der Waals surface area contributed by atoms with Crippen LogP contribution in [0.4, 0.5) is 4.79 Å². The highest BCUT2D eigenvalue weighted by molar-refractivity contribution is 5.99. The van der Waals surface area contributed by atoms with Crippen LogP contribution in [0.2, 0.25) is 0 Å². The number of hydrogen-bond donors (Lipinski definition) is 1. The van der Waals surface area contributed by atoms with Crippen LogP contribution in [0.3, 0.4) is 0 Å². The van der Waals surface area contributed by atoms with E-state index in [9.17, 15) is 14.4 Å². The van der Waals surface area contributed by atoms with Gasteiger partial charge in [-0.15, -0.1) is 0 Å². The van der Waals surface area contributed by atoms with Crippen molar-refractivity contribution in [2.45, 2.75) is 40.2 Å². The molecule has 24 heavy (non-hydrogen) atoms. The molecule has 0 unspecified atom stereocenters. The number of nitrogens with one attached hydrogen (secondary N) is 1. The van der Waals surface area contributed by atoms with Gasteiger partial charge in [-0.3, -0.25) is 10.1 Å². The van der Waals surface area contributed by atoms with Crippen LogP contribution in [0.25, 0.3) is 0 Å². The van der Waals surface area contributed by atoms with Gasteiger partial charge in [0.1, 0.15) is 11.3 Å². The summed E-state index contributed by atoms with van der Waals surface area (Å²) in [6.07, 6.45) is -0.759. The maximum atomic E-state index is 12.1. The Morgan fingerprint density at radius 2 is 1.62 bits per heavy atom. The van der Waals surface area contributed by atoms with Gasteiger partial charge in [-0.2, -0.15) is 0 Å². The Morgan fingerprint density at radius 1 is 1.04 bits per heavy atom. The largest absolute Gasteiger partial charge is 0.453 e. The predicted octanol–water partition coefficient (Wildman–Crippen LogP) is 3.23. The number of rotatable bonds is 5. The first-order valence-corrected chi connectivity index (χ1v) is 7.53. The van der Waals surface area contributed by atoms with Gasteiger partial charge in [0.25, 0.3) is 0 Å². The number of esters is 1. The van der Waals surface area contributed by atoms with Crippen molar-refractivity contribution >= 4 is 17.8 Å². The molecular formula is C18H23NO5. The van der Waals surface area contributed by atoms with Crippen molar-refractivity contribution in [2.24, 2.45) is 0 Å². The van der Waals surface area contributed by atoms with E-state index in [0.29, 0.717) is 11.1 Å². The third kappa shape index (κ3) is 6.64. The summed E-state index contributed by atoms with van der Waals surface area (Å²) in [4.78, 5) is 35.9. The van der Waals surface area contributed by atoms with E-state index in [0.717, 1.165) is 0 Å². The number of benzene rings is 1. The molecule has 0 heterocycles. The lowest BCUT2D eigenvalue weighted by Crippen LogP contribution is -2.35. The molecule has 6 nitrogen and oxygen atoms in total. The minimum Gasteiger partial charge on any atom is -0.453 e. The maximum Gasteiger partial charge on any atom is 0.412 e. The van der Waals surface area contributed by atoms with Gasteiger partial charge in [-0.1, -0.05) is 30.3 Å². The van der Waals surface area contributed by atoms with E-state index in [2.05, 4.69) is 5.32 Å². The lowest BCUT2D eigenvalue weighted by Gasteiger charge is -2.20. The topological polar surface area (TPSA) is 81.7 Å². The molecule has 0 fully saturated rings. The minimum absolute atomic E-state index is 0.0369. The zero-order valence-corrected chi connectivity index (χ0v) is 14.6. The van der Waals surface area contributed by atoms with E-state index in [1.165, 1.54) is 0 Å². The Kier molecular flexibility index (Phi) is 6.70. The zero-order valence-electron chi connectivity index (χ0n) is 14.6. The predicted molar refractivity (Wildman–Crippen MR) is 89.5 cm³/mol. The van der Waals surface area contributed by atoms with Crippen LogP contribution in [0, 0.1) is 0 Å². The third-order valence-electron chi connectivity index (χ3n) is 2.76. The summed E-state index contributed by atoms with van der Waals surface area (Å²) in [7, 11) is 0. The summed E-state index contributed by atoms with van der Waals surface area (Å²) in [6.45, 7) is 8.03. The fraction of sp³-hybridized carbons (Fsp3) is 0.389. The number of carbonyl (C=O) groups is 3. The highest BCUT2D eigenvalue weighted by Gasteiger charge is 2.22. The molecule has 0 aliphatic carbocycles. The van der Waals surface area contributed by atoms with Gasteiger partial charge in [0.15, 0.2) is 12.4 Å². The summed E-state index contributed by atoms with van der Waals surface area (Å²) < 4.78 is 10.1. The van der Waals surface area contributed by atoms with Crippen molar-refractivity contribution in [3.8, 4) is 0 Å². The second-order valence-corrected chi connectivity index (χ2v) is 6.37. The van der Waals surface area contributed by atoms with Crippen LogP contribution in [0.1, 0.15) is 45.0 Å². The van der Waals surface area contributed by atoms with Crippen molar-refractivity contribution in [2.75, 3.05) is 6.61 Å². The van der Waals surface area contributed by atoms with Crippen LogP contribution in [-0.2, 0) is 14.3 Å². The summed E-state index contributed by atoms with van der Waals surface area (Å²) >= 11 is 0. The Bertz CT molecular complexity index is 637. The highest BCUT2D eigenvalue weighted by Crippen LogP contribution is 2.09. The van der Waals surface area contributed by atoms with Gasteiger partial charge in [-0.25, -0.2) is 9.59 Å². The van der Waals surface area contributed by atoms with Crippen LogP contribution >= 0.6 is 0 Å². The SMILES string of the molecule is CC(C)=C(NC(=O)OC(C)(C)C)C(=O)OCC(=O)c1ccccc1. The minimum atomic E-state index is -0.787. The first-order chi connectivity index (χ1) is 11.1. The Morgan fingerprint density at radius 3 is 2.12 bits per heavy atom. The van der Waals surface area contributed by atoms with Crippen molar-refractivity contribution in [3.63, 3.8) is 0 Å². The van der Waals surface area contributed by atoms with Crippen LogP contribution in [-0.4, -0.2) is 30.1 Å². The van der Waals surface area contributed by atoms with Gasteiger partial charge in [0, 0.05) is 5.56 Å². The zero-order chi connectivity index (χ0) is 18.3. The van der Waals surface area contributed by atoms with E-state index in [-0.39, 0.29) is 11.5 Å². The Hall–Kier alpha value is -2.63. The van der Waals surface area contributed by atoms with Crippen molar-refractivity contribution in [3.05, 3.63) is 47.2 Å². The molecule has 1 rings (SSSR count). The number of hydrogen-bond acceptors (Lipinski definition) is 5. The normalized spacial score (nSPS) is 10.5. The van der Waals surface area contributed by atoms with E-state index < -0.39 is 24.3 Å². The fourth-order valence-electron chi connectivity index (χ4n) is 1.70. The van der Waals surface area contributed by atoms with Gasteiger partial charge in [0.2, 0.25) is 0 Å². The summed E-state index contributed by atoms with van der Waals surface area (Å²) in [6, 6.07) is 8.50. The van der Waals surface area contributed by atoms with Crippen LogP contribution < -0.4 is 5.32 Å². The van der Waals surface area contributed by atoms with Crippen LogP contribution in [0.15, 0.2) is 41.6 Å². The summed E-state index contributed by atoms with van der Waals surface area (Å²) in [5, 5.41) is 2.37. The number of allylic oxidation sites excluding steroid dienone is 1. The number of alkyl carbamates (subject to hydrolysis) is 1. The molecule has 1 aromatic rings. The first kappa shape index (κ1) is 19.4. The molecule has 6 heteroatoms. The monoisotopic (exact) mass is 333 g/mol. The van der Waals surface area contributed by atoms with E-state index >= 15 is 0 Å². The molecule has 1 amide bonds. The highest BCUT2D eigenvalue weighted by atomic mass is 16.6. The lowest BCUT2D eigenvalue weighted by molar-refractivity contribution is -0.138. The van der Waals surface area contributed by atoms with Crippen LogP contribution in [0.5, 0.6) is 0 Å². The molecule has 0 radical (unpaired) electrons. The second kappa shape index (κ2) is 8.29. The molecule has 0 aliphatic heterocycles. The quantitative estimate of drug-likeness (QED) is 0.508. The first-order valence-electron chi connectivity index (χ1n) is 7.53. The average Bonchev–Trinajstić information content (AvgIpc) is 2.48. The summed E-state index contributed by atoms with van der Waals surface area (Å²) in [5.74, 6) is -1.11. The number of amides is 1. The van der Waals surface area contributed by atoms with E-state index in [1.807, 2.05) is 0 Å². The van der Waals surface area contributed by atoms with Gasteiger partial charge >= 0.3 is 12.1 Å². The molecule has 0 aliphatic rings. The third-order valence-corrected chi connectivity index (χ3v) is 2.76. The Labute approximate surface area is 141 Å². The maximum absolute atomic E-state index is 12.1. The number of Topliss-reactive ketones (excluding diaryl/α,β-unsaturated/α-hetero) is 1. The molecule has 0 spiro atoms.